The molecule has 1 unspecified atom stereocenters. The van der Waals surface area contributed by atoms with Crippen molar-refractivity contribution in [3.63, 3.8) is 0 Å². The summed E-state index contributed by atoms with van der Waals surface area (Å²) in [4.78, 5) is 22.2. The van der Waals surface area contributed by atoms with Gasteiger partial charge in [0.1, 0.15) is 0 Å². The molecule has 0 aliphatic carbocycles. The highest BCUT2D eigenvalue weighted by Gasteiger charge is 2.38. The summed E-state index contributed by atoms with van der Waals surface area (Å²) >= 11 is 0. The van der Waals surface area contributed by atoms with Gasteiger partial charge in [0.15, 0.2) is 0 Å². The topological polar surface area (TPSA) is 64.6 Å². The van der Waals surface area contributed by atoms with Gasteiger partial charge >= 0.3 is 8.56 Å². The van der Waals surface area contributed by atoms with Gasteiger partial charge in [0.25, 0.3) is 11.9 Å². The van der Waals surface area contributed by atoms with E-state index in [0.717, 1.165) is 6.42 Å². The van der Waals surface area contributed by atoms with Crippen LogP contribution in [0.15, 0.2) is 0 Å². The summed E-state index contributed by atoms with van der Waals surface area (Å²) in [5, 5.41) is 2.87. The fourth-order valence-corrected chi connectivity index (χ4v) is 3.23. The first-order valence-electron chi connectivity index (χ1n) is 4.99. The molecule has 0 amide bonds. The summed E-state index contributed by atoms with van der Waals surface area (Å²) in [7, 11) is -0.998. The molecular weight excluding hydrogens is 214 g/mol. The van der Waals surface area contributed by atoms with Crippen LogP contribution in [-0.4, -0.2) is 33.7 Å². The molecule has 0 bridgehead atoms. The van der Waals surface area contributed by atoms with Crippen LogP contribution in [0.25, 0.3) is 0 Å². The summed E-state index contributed by atoms with van der Waals surface area (Å²) in [5.74, 6) is -0.716. The third kappa shape index (κ3) is 6.24. The zero-order chi connectivity index (χ0) is 11.9. The van der Waals surface area contributed by atoms with Crippen LogP contribution in [0.4, 0.5) is 0 Å². The van der Waals surface area contributed by atoms with E-state index in [1.54, 1.807) is 13.6 Å². The average Bonchev–Trinajstić information content (AvgIpc) is 2.01. The zero-order valence-electron chi connectivity index (χ0n) is 9.75. The van der Waals surface area contributed by atoms with E-state index in [1.807, 2.05) is 6.92 Å². The minimum Gasteiger partial charge on any atom is -0.484 e. The largest absolute Gasteiger partial charge is 0.484 e. The molecule has 0 fully saturated rings. The molecule has 0 aliphatic heterocycles. The zero-order valence-corrected chi connectivity index (χ0v) is 10.8. The second-order valence-electron chi connectivity index (χ2n) is 3.48. The molecule has 1 N–H and O–H groups in total. The van der Waals surface area contributed by atoms with Crippen molar-refractivity contribution in [1.82, 2.24) is 5.32 Å². The first-order valence-corrected chi connectivity index (χ1v) is 7.52. The third-order valence-corrected chi connectivity index (χ3v) is 4.02. The highest BCUT2D eigenvalue weighted by atomic mass is 28.4. The fraction of sp³-hybridized carbons (Fsp3) is 0.778. The van der Waals surface area contributed by atoms with Gasteiger partial charge in [0.05, 0.1) is 6.17 Å². The van der Waals surface area contributed by atoms with Crippen LogP contribution in [0.1, 0.15) is 26.7 Å². The predicted molar refractivity (Wildman–Crippen MR) is 58.3 cm³/mol. The van der Waals surface area contributed by atoms with Crippen molar-refractivity contribution >= 4 is 20.5 Å². The molecule has 0 radical (unpaired) electrons. The highest BCUT2D eigenvalue weighted by Crippen LogP contribution is 2.08. The van der Waals surface area contributed by atoms with E-state index in [9.17, 15) is 9.59 Å². The molecule has 5 nitrogen and oxygen atoms in total. The van der Waals surface area contributed by atoms with Gasteiger partial charge in [-0.3, -0.25) is 9.59 Å². The lowest BCUT2D eigenvalue weighted by atomic mass is 10.4. The maximum absolute atomic E-state index is 11.3. The summed E-state index contributed by atoms with van der Waals surface area (Å²) < 4.78 is 10.3. The predicted octanol–water partition coefficient (Wildman–Crippen LogP) is 0.723. The standard InChI is InChI=1S/C9H19NO4Si/c1-5-6-9(12)14-15(4,7-10-3)13-8(2)11/h10H,5-7H2,1-4H3. The summed E-state index contributed by atoms with van der Waals surface area (Å²) in [5.41, 5.74) is 0. The fourth-order valence-electron chi connectivity index (χ4n) is 1.21. The normalized spacial score (nSPS) is 14.1. The Bertz CT molecular complexity index is 234. The van der Waals surface area contributed by atoms with Crippen molar-refractivity contribution in [2.75, 3.05) is 13.2 Å². The lowest BCUT2D eigenvalue weighted by molar-refractivity contribution is -0.140. The van der Waals surface area contributed by atoms with E-state index in [1.165, 1.54) is 6.92 Å². The van der Waals surface area contributed by atoms with Gasteiger partial charge in [0.2, 0.25) is 0 Å². The Morgan fingerprint density at radius 2 is 1.93 bits per heavy atom. The van der Waals surface area contributed by atoms with Crippen LogP contribution >= 0.6 is 0 Å². The number of carbonyl (C=O) groups excluding carboxylic acids is 2. The van der Waals surface area contributed by atoms with Crippen molar-refractivity contribution in [2.24, 2.45) is 0 Å². The van der Waals surface area contributed by atoms with E-state index in [-0.39, 0.29) is 5.97 Å². The number of nitrogens with one attached hydrogen (secondary N) is 1. The molecule has 88 valence electrons. The molecule has 0 rings (SSSR count). The van der Waals surface area contributed by atoms with Crippen molar-refractivity contribution in [3.05, 3.63) is 0 Å². The van der Waals surface area contributed by atoms with E-state index < -0.39 is 14.5 Å². The summed E-state index contributed by atoms with van der Waals surface area (Å²) in [6.07, 6.45) is 1.48. The Kier molecular flexibility index (Phi) is 6.19. The second-order valence-corrected chi connectivity index (χ2v) is 6.51. The quantitative estimate of drug-likeness (QED) is 0.685. The minimum absolute atomic E-state index is 0.303. The first kappa shape index (κ1) is 14.1. The molecule has 0 aromatic rings. The molecule has 6 heteroatoms. The first-order chi connectivity index (χ1) is 6.93. The van der Waals surface area contributed by atoms with Crippen LogP contribution in [0.5, 0.6) is 0 Å². The van der Waals surface area contributed by atoms with Crippen LogP contribution in [0.3, 0.4) is 0 Å². The van der Waals surface area contributed by atoms with E-state index in [4.69, 9.17) is 8.85 Å². The average molecular weight is 233 g/mol. The van der Waals surface area contributed by atoms with Crippen LogP contribution in [0.2, 0.25) is 6.55 Å². The van der Waals surface area contributed by atoms with E-state index in [0.29, 0.717) is 12.6 Å². The van der Waals surface area contributed by atoms with Gasteiger partial charge in [-0.05, 0) is 13.5 Å². The number of hydrogen-bond donors (Lipinski definition) is 1. The van der Waals surface area contributed by atoms with E-state index >= 15 is 0 Å². The highest BCUT2D eigenvalue weighted by molar-refractivity contribution is 6.69. The Morgan fingerprint density at radius 1 is 1.33 bits per heavy atom. The number of carbonyl (C=O) groups is 2. The molecule has 15 heavy (non-hydrogen) atoms. The molecule has 0 spiro atoms. The number of hydrogen-bond acceptors (Lipinski definition) is 5. The third-order valence-electron chi connectivity index (χ3n) is 1.64. The SMILES string of the molecule is CCCC(=O)O[Si](C)(CNC)OC(C)=O. The van der Waals surface area contributed by atoms with Crippen molar-refractivity contribution in [2.45, 2.75) is 33.2 Å². The molecule has 0 saturated carbocycles. The van der Waals surface area contributed by atoms with Gasteiger partial charge in [-0.25, -0.2) is 0 Å². The maximum atomic E-state index is 11.3. The summed E-state index contributed by atoms with van der Waals surface area (Å²) in [6.45, 7) is 4.90. The smallest absolute Gasteiger partial charge is 0.475 e. The lowest BCUT2D eigenvalue weighted by Gasteiger charge is -2.25. The van der Waals surface area contributed by atoms with Gasteiger partial charge in [-0.15, -0.1) is 0 Å². The maximum Gasteiger partial charge on any atom is 0.475 e. The van der Waals surface area contributed by atoms with Crippen LogP contribution < -0.4 is 5.32 Å². The van der Waals surface area contributed by atoms with E-state index in [2.05, 4.69) is 5.32 Å². The Balaban J connectivity index is 4.35. The minimum atomic E-state index is -2.72. The van der Waals surface area contributed by atoms with Crippen LogP contribution in [-0.2, 0) is 18.4 Å². The number of rotatable bonds is 6. The Morgan fingerprint density at radius 3 is 2.33 bits per heavy atom. The molecule has 0 aromatic carbocycles. The lowest BCUT2D eigenvalue weighted by Crippen LogP contribution is -2.50. The molecule has 1 atom stereocenters. The van der Waals surface area contributed by atoms with Crippen molar-refractivity contribution in [1.29, 1.82) is 0 Å². The van der Waals surface area contributed by atoms with Gasteiger partial charge < -0.3 is 14.2 Å². The summed E-state index contributed by atoms with van der Waals surface area (Å²) in [6, 6.07) is 0. The molecule has 0 aliphatic rings. The Labute approximate surface area is 91.4 Å². The van der Waals surface area contributed by atoms with Crippen molar-refractivity contribution in [3.8, 4) is 0 Å². The van der Waals surface area contributed by atoms with Crippen LogP contribution in [0, 0.1) is 0 Å². The molecule has 0 heterocycles. The monoisotopic (exact) mass is 233 g/mol. The van der Waals surface area contributed by atoms with Gasteiger partial charge in [-0.1, -0.05) is 6.92 Å². The molecule has 0 aromatic heterocycles. The Hall–Kier alpha value is -0.883. The molecular formula is C9H19NO4Si. The van der Waals surface area contributed by atoms with Crippen molar-refractivity contribution < 1.29 is 18.4 Å². The second kappa shape index (κ2) is 6.57. The van der Waals surface area contributed by atoms with Gasteiger partial charge in [-0.2, -0.15) is 0 Å². The molecule has 0 saturated heterocycles. The van der Waals surface area contributed by atoms with Gasteiger partial charge in [0, 0.05) is 19.9 Å².